The zero-order valence-corrected chi connectivity index (χ0v) is 12.6. The zero-order valence-electron chi connectivity index (χ0n) is 12.6. The number of anilines is 1. The molecule has 0 bridgehead atoms. The van der Waals surface area contributed by atoms with Gasteiger partial charge >= 0.3 is 0 Å². The minimum Gasteiger partial charge on any atom is -0.347 e. The first-order valence-electron chi connectivity index (χ1n) is 6.88. The summed E-state index contributed by atoms with van der Waals surface area (Å²) in [4.78, 5) is 2.26. The van der Waals surface area contributed by atoms with Crippen LogP contribution >= 0.6 is 0 Å². The van der Waals surface area contributed by atoms with Crippen LogP contribution in [0.3, 0.4) is 0 Å². The molecule has 0 atom stereocenters. The Bertz CT molecular complexity index is 604. The molecule has 2 nitrogen and oxygen atoms in total. The van der Waals surface area contributed by atoms with E-state index in [1.807, 2.05) is 18.2 Å². The van der Waals surface area contributed by atoms with Crippen molar-refractivity contribution in [1.29, 1.82) is 5.41 Å². The van der Waals surface area contributed by atoms with Gasteiger partial charge in [-0.05, 0) is 30.7 Å². The van der Waals surface area contributed by atoms with Crippen molar-refractivity contribution < 1.29 is 0 Å². The van der Waals surface area contributed by atoms with Crippen molar-refractivity contribution in [2.24, 2.45) is 0 Å². The first kappa shape index (κ1) is 14.3. The highest BCUT2D eigenvalue weighted by molar-refractivity contribution is 5.90. The molecule has 1 aliphatic rings. The van der Waals surface area contributed by atoms with E-state index >= 15 is 0 Å². The van der Waals surface area contributed by atoms with Crippen molar-refractivity contribution in [1.82, 2.24) is 0 Å². The first-order chi connectivity index (χ1) is 9.44. The predicted octanol–water partition coefficient (Wildman–Crippen LogP) is 4.45. The van der Waals surface area contributed by atoms with Crippen molar-refractivity contribution in [3.05, 3.63) is 65.9 Å². The molecule has 1 aromatic carbocycles. The predicted molar refractivity (Wildman–Crippen MR) is 87.6 cm³/mol. The van der Waals surface area contributed by atoms with Gasteiger partial charge in [-0.1, -0.05) is 50.3 Å². The summed E-state index contributed by atoms with van der Waals surface area (Å²) in [5, 5.41) is 7.34. The van der Waals surface area contributed by atoms with Gasteiger partial charge in [-0.3, -0.25) is 0 Å². The van der Waals surface area contributed by atoms with Crippen LogP contribution in [-0.2, 0) is 5.41 Å². The Balaban J connectivity index is 2.28. The van der Waals surface area contributed by atoms with Crippen molar-refractivity contribution in [3.8, 4) is 0 Å². The third-order valence-corrected chi connectivity index (χ3v) is 3.76. The SMILES string of the molecule is CC(=N)/C=C/C=C\C=C1/N(C)c2ccccc2C1(C)C. The lowest BCUT2D eigenvalue weighted by Gasteiger charge is -2.23. The molecule has 0 unspecified atom stereocenters. The van der Waals surface area contributed by atoms with E-state index < -0.39 is 0 Å². The molecule has 2 heteroatoms. The molecule has 0 aromatic heterocycles. The van der Waals surface area contributed by atoms with E-state index in [4.69, 9.17) is 5.41 Å². The normalized spacial score (nSPS) is 19.2. The molecule has 0 amide bonds. The van der Waals surface area contributed by atoms with Gasteiger partial charge in [0.15, 0.2) is 0 Å². The van der Waals surface area contributed by atoms with Crippen molar-refractivity contribution in [2.45, 2.75) is 26.2 Å². The Morgan fingerprint density at radius 3 is 2.50 bits per heavy atom. The lowest BCUT2D eigenvalue weighted by Crippen LogP contribution is -2.22. The number of allylic oxidation sites excluding steroid dienone is 6. The number of rotatable bonds is 3. The molecule has 0 aliphatic carbocycles. The van der Waals surface area contributed by atoms with Crippen molar-refractivity contribution >= 4 is 11.4 Å². The fourth-order valence-electron chi connectivity index (χ4n) is 2.71. The summed E-state index contributed by atoms with van der Waals surface area (Å²) in [5.74, 6) is 0. The minimum atomic E-state index is 0.0247. The number of nitrogens with one attached hydrogen (secondary N) is 1. The number of benzene rings is 1. The summed E-state index contributed by atoms with van der Waals surface area (Å²) in [6.45, 7) is 6.28. The monoisotopic (exact) mass is 266 g/mol. The average Bonchev–Trinajstić information content (AvgIpc) is 2.59. The van der Waals surface area contributed by atoms with Crippen LogP contribution in [0.2, 0.25) is 0 Å². The van der Waals surface area contributed by atoms with Gasteiger partial charge in [0.25, 0.3) is 0 Å². The van der Waals surface area contributed by atoms with E-state index in [1.54, 1.807) is 13.0 Å². The Labute approximate surface area is 121 Å². The van der Waals surface area contributed by atoms with E-state index in [1.165, 1.54) is 16.9 Å². The second kappa shape index (κ2) is 5.49. The molecule has 1 aromatic rings. The van der Waals surface area contributed by atoms with Crippen LogP contribution in [-0.4, -0.2) is 12.8 Å². The number of hydrogen-bond acceptors (Lipinski definition) is 2. The highest BCUT2D eigenvalue weighted by Crippen LogP contribution is 2.46. The summed E-state index contributed by atoms with van der Waals surface area (Å²) in [6.07, 6.45) is 9.85. The number of fused-ring (bicyclic) bond motifs is 1. The number of para-hydroxylation sites is 1. The molecule has 0 saturated heterocycles. The molecular weight excluding hydrogens is 244 g/mol. The summed E-state index contributed by atoms with van der Waals surface area (Å²) < 4.78 is 0. The number of hydrogen-bond donors (Lipinski definition) is 1. The highest BCUT2D eigenvalue weighted by Gasteiger charge is 2.37. The van der Waals surface area contributed by atoms with Crippen LogP contribution < -0.4 is 4.90 Å². The molecular formula is C18H22N2. The van der Waals surface area contributed by atoms with E-state index in [0.29, 0.717) is 5.71 Å². The van der Waals surface area contributed by atoms with E-state index in [2.05, 4.69) is 56.1 Å². The highest BCUT2D eigenvalue weighted by atomic mass is 15.2. The first-order valence-corrected chi connectivity index (χ1v) is 6.88. The average molecular weight is 266 g/mol. The smallest absolute Gasteiger partial charge is 0.0447 e. The fraction of sp³-hybridized carbons (Fsp3) is 0.278. The van der Waals surface area contributed by atoms with Crippen LogP contribution in [0.5, 0.6) is 0 Å². The lowest BCUT2D eigenvalue weighted by molar-refractivity contribution is 0.640. The maximum Gasteiger partial charge on any atom is 0.0447 e. The molecule has 104 valence electrons. The van der Waals surface area contributed by atoms with Gasteiger partial charge in [0, 0.05) is 29.6 Å². The van der Waals surface area contributed by atoms with Gasteiger partial charge < -0.3 is 10.3 Å². The lowest BCUT2D eigenvalue weighted by atomic mass is 9.84. The zero-order chi connectivity index (χ0) is 14.8. The maximum atomic E-state index is 7.34. The second-order valence-electron chi connectivity index (χ2n) is 5.68. The van der Waals surface area contributed by atoms with Crippen LogP contribution in [0, 0.1) is 5.41 Å². The van der Waals surface area contributed by atoms with Gasteiger partial charge in [-0.25, -0.2) is 0 Å². The second-order valence-corrected chi connectivity index (χ2v) is 5.68. The van der Waals surface area contributed by atoms with Gasteiger partial charge in [-0.2, -0.15) is 0 Å². The number of likely N-dealkylation sites (N-methyl/N-ethyl adjacent to an activating group) is 1. The van der Waals surface area contributed by atoms with Gasteiger partial charge in [0.05, 0.1) is 0 Å². The Morgan fingerprint density at radius 2 is 1.85 bits per heavy atom. The van der Waals surface area contributed by atoms with Crippen LogP contribution in [0.1, 0.15) is 26.3 Å². The summed E-state index contributed by atoms with van der Waals surface area (Å²) in [5.41, 5.74) is 4.52. The van der Waals surface area contributed by atoms with Crippen LogP contribution in [0.15, 0.2) is 60.3 Å². The van der Waals surface area contributed by atoms with Gasteiger partial charge in [0.1, 0.15) is 0 Å². The fourth-order valence-corrected chi connectivity index (χ4v) is 2.71. The summed E-state index contributed by atoms with van der Waals surface area (Å²) in [7, 11) is 2.12. The molecule has 0 fully saturated rings. The molecule has 0 radical (unpaired) electrons. The molecule has 1 heterocycles. The topological polar surface area (TPSA) is 27.1 Å². The molecule has 1 N–H and O–H groups in total. The largest absolute Gasteiger partial charge is 0.347 e. The third kappa shape index (κ3) is 2.60. The Kier molecular flexibility index (Phi) is 3.93. The van der Waals surface area contributed by atoms with Gasteiger partial charge in [-0.15, -0.1) is 0 Å². The van der Waals surface area contributed by atoms with Gasteiger partial charge in [0.2, 0.25) is 0 Å². The molecule has 2 rings (SSSR count). The van der Waals surface area contributed by atoms with Crippen molar-refractivity contribution in [2.75, 3.05) is 11.9 Å². The standard InChI is InChI=1S/C18H22N2/c1-14(19)10-6-5-7-13-17-18(2,3)15-11-8-9-12-16(15)20(17)4/h5-13,19H,1-4H3/b7-5-,10-6+,17-13-,19-14?. The Morgan fingerprint density at radius 1 is 1.15 bits per heavy atom. The van der Waals surface area contributed by atoms with E-state index in [-0.39, 0.29) is 5.41 Å². The van der Waals surface area contributed by atoms with Crippen molar-refractivity contribution in [3.63, 3.8) is 0 Å². The summed E-state index contributed by atoms with van der Waals surface area (Å²) >= 11 is 0. The quantitative estimate of drug-likeness (QED) is 0.635. The van der Waals surface area contributed by atoms with Crippen LogP contribution in [0.25, 0.3) is 0 Å². The van der Waals surface area contributed by atoms with Crippen LogP contribution in [0.4, 0.5) is 5.69 Å². The molecule has 0 spiro atoms. The minimum absolute atomic E-state index is 0.0247. The van der Waals surface area contributed by atoms with E-state index in [0.717, 1.165) is 0 Å². The molecule has 0 saturated carbocycles. The summed E-state index contributed by atoms with van der Waals surface area (Å²) in [6, 6.07) is 8.55. The third-order valence-electron chi connectivity index (χ3n) is 3.76. The number of nitrogens with zero attached hydrogens (tertiary/aromatic N) is 1. The van der Waals surface area contributed by atoms with E-state index in [9.17, 15) is 0 Å². The maximum absolute atomic E-state index is 7.34. The molecule has 20 heavy (non-hydrogen) atoms. The molecule has 1 aliphatic heterocycles. The Hall–Kier alpha value is -2.09.